The minimum atomic E-state index is 0.241. The van der Waals surface area contributed by atoms with Gasteiger partial charge >= 0.3 is 0 Å². The average molecular weight is 473 g/mol. The van der Waals surface area contributed by atoms with E-state index in [1.165, 1.54) is 110 Å². The quantitative estimate of drug-likeness (QED) is 0.415. The second-order valence-corrected chi connectivity index (χ2v) is 12.9. The van der Waals surface area contributed by atoms with Crippen LogP contribution >= 0.6 is 0 Å². The minimum absolute atomic E-state index is 0.241. The van der Waals surface area contributed by atoms with Crippen LogP contribution in [0.25, 0.3) is 0 Å². The Kier molecular flexibility index (Phi) is 8.70. The lowest BCUT2D eigenvalue weighted by atomic mass is 9.70. The van der Waals surface area contributed by atoms with Crippen molar-refractivity contribution in [2.45, 2.75) is 129 Å². The molecule has 5 aliphatic heterocycles. The standard InChI is InChI=1S/C30H52N2O2/c1-22-20-32-19-11-15-25-13-7-5-8-16-26-28-24(14-10-18-31(28)21-23(2)29(26)33)12-6-3-4-9-17-27(22)34-30(25)32/h22-28,30H,3-21H2,1-2H3/t22-,23+,24-,25+,26+,27+,28-,30-/m0/s1. The van der Waals surface area contributed by atoms with Crippen LogP contribution in [0, 0.1) is 29.6 Å². The van der Waals surface area contributed by atoms with Crippen LogP contribution < -0.4 is 0 Å². The molecule has 4 heteroatoms. The summed E-state index contributed by atoms with van der Waals surface area (Å²) in [5.74, 6) is 3.30. The number of ketones is 1. The van der Waals surface area contributed by atoms with Gasteiger partial charge in [0.1, 0.15) is 12.0 Å². The summed E-state index contributed by atoms with van der Waals surface area (Å²) < 4.78 is 6.84. The third-order valence-electron chi connectivity index (χ3n) is 10.4. The molecule has 0 aromatic carbocycles. The predicted molar refractivity (Wildman–Crippen MR) is 139 cm³/mol. The van der Waals surface area contributed by atoms with Crippen LogP contribution in [0.15, 0.2) is 0 Å². The zero-order valence-electron chi connectivity index (χ0n) is 22.3. The van der Waals surface area contributed by atoms with Crippen molar-refractivity contribution in [1.29, 1.82) is 0 Å². The van der Waals surface area contributed by atoms with Crippen molar-refractivity contribution in [1.82, 2.24) is 9.80 Å². The van der Waals surface area contributed by atoms with Crippen LogP contribution in [0.5, 0.6) is 0 Å². The van der Waals surface area contributed by atoms with Gasteiger partial charge in [0.2, 0.25) is 0 Å². The van der Waals surface area contributed by atoms with E-state index < -0.39 is 0 Å². The molecular weight excluding hydrogens is 420 g/mol. The Labute approximate surface area is 209 Å². The lowest BCUT2D eigenvalue weighted by molar-refractivity contribution is -0.201. The molecule has 0 amide bonds. The average Bonchev–Trinajstić information content (AvgIpc) is 2.83. The molecule has 8 atom stereocenters. The Morgan fingerprint density at radius 1 is 0.676 bits per heavy atom. The number of fused-ring (bicyclic) bond motifs is 1. The molecule has 4 nitrogen and oxygen atoms in total. The van der Waals surface area contributed by atoms with Gasteiger partial charge in [0.25, 0.3) is 0 Å². The summed E-state index contributed by atoms with van der Waals surface area (Å²) in [4.78, 5) is 18.8. The molecule has 0 spiro atoms. The smallest absolute Gasteiger partial charge is 0.141 e. The molecule has 5 aliphatic rings. The van der Waals surface area contributed by atoms with Gasteiger partial charge < -0.3 is 4.74 Å². The summed E-state index contributed by atoms with van der Waals surface area (Å²) in [6.45, 7) is 9.35. The van der Waals surface area contributed by atoms with Crippen LogP contribution in [0.1, 0.15) is 110 Å². The Hall–Kier alpha value is -0.450. The first kappa shape index (κ1) is 25.2. The number of ether oxygens (including phenoxy) is 1. The van der Waals surface area contributed by atoms with E-state index in [-0.39, 0.29) is 5.92 Å². The molecule has 0 radical (unpaired) electrons. The first-order valence-electron chi connectivity index (χ1n) is 15.3. The SMILES string of the molecule is C[C@@H]1CN2CCC[C@@H]3CCCCCC[C@H]4O[C@H]5[C@H](CCCCC[C@@H](C1=O)[C@H]32)CCCN5C[C@@H]4C. The van der Waals surface area contributed by atoms with E-state index in [1.54, 1.807) is 0 Å². The maximum absolute atomic E-state index is 13.4. The summed E-state index contributed by atoms with van der Waals surface area (Å²) >= 11 is 0. The van der Waals surface area contributed by atoms with E-state index in [9.17, 15) is 4.79 Å². The summed E-state index contributed by atoms with van der Waals surface area (Å²) in [7, 11) is 0. The zero-order chi connectivity index (χ0) is 23.5. The maximum atomic E-state index is 13.4. The molecule has 34 heavy (non-hydrogen) atoms. The van der Waals surface area contributed by atoms with Gasteiger partial charge in [0, 0.05) is 37.5 Å². The molecule has 2 bridgehead atoms. The molecule has 5 heterocycles. The van der Waals surface area contributed by atoms with Gasteiger partial charge in [-0.25, -0.2) is 0 Å². The number of piperidine rings is 3. The number of carbonyl (C=O) groups is 1. The molecule has 0 unspecified atom stereocenters. The zero-order valence-corrected chi connectivity index (χ0v) is 22.3. The third-order valence-corrected chi connectivity index (χ3v) is 10.4. The maximum Gasteiger partial charge on any atom is 0.141 e. The molecular formula is C30H52N2O2. The first-order chi connectivity index (χ1) is 16.6. The van der Waals surface area contributed by atoms with Crippen LogP contribution in [0.4, 0.5) is 0 Å². The van der Waals surface area contributed by atoms with Gasteiger partial charge in [-0.05, 0) is 75.7 Å². The highest BCUT2D eigenvalue weighted by Gasteiger charge is 2.45. The normalized spacial score (nSPS) is 44.0. The Bertz CT molecular complexity index is 668. The van der Waals surface area contributed by atoms with E-state index in [1.807, 2.05) is 0 Å². The van der Waals surface area contributed by atoms with Crippen LogP contribution in [-0.4, -0.2) is 60.1 Å². The second kappa shape index (κ2) is 11.7. The fourth-order valence-electron chi connectivity index (χ4n) is 8.58. The van der Waals surface area contributed by atoms with E-state index in [0.29, 0.717) is 36.0 Å². The highest BCUT2D eigenvalue weighted by molar-refractivity contribution is 5.85. The van der Waals surface area contributed by atoms with E-state index >= 15 is 0 Å². The summed E-state index contributed by atoms with van der Waals surface area (Å²) in [6.07, 6.45) is 20.5. The van der Waals surface area contributed by atoms with Gasteiger partial charge in [0.15, 0.2) is 0 Å². The van der Waals surface area contributed by atoms with Gasteiger partial charge in [-0.15, -0.1) is 0 Å². The number of Topliss-reactive ketones (excluding diaryl/α,β-unsaturated/α-hetero) is 1. The largest absolute Gasteiger partial charge is 0.359 e. The van der Waals surface area contributed by atoms with E-state index in [4.69, 9.17) is 4.74 Å². The highest BCUT2D eigenvalue weighted by Crippen LogP contribution is 2.40. The molecule has 5 saturated heterocycles. The second-order valence-electron chi connectivity index (χ2n) is 12.9. The molecule has 5 rings (SSSR count). The fourth-order valence-corrected chi connectivity index (χ4v) is 8.58. The third kappa shape index (κ3) is 5.59. The van der Waals surface area contributed by atoms with E-state index in [0.717, 1.165) is 24.8 Å². The Balaban J connectivity index is 1.26. The summed E-state index contributed by atoms with van der Waals surface area (Å²) in [6, 6.07) is 0.553. The predicted octanol–water partition coefficient (Wildman–Crippen LogP) is 6.28. The Morgan fingerprint density at radius 3 is 2.12 bits per heavy atom. The van der Waals surface area contributed by atoms with Crippen LogP contribution in [0.2, 0.25) is 0 Å². The van der Waals surface area contributed by atoms with Crippen molar-refractivity contribution in [2.24, 2.45) is 29.6 Å². The molecule has 0 aliphatic carbocycles. The van der Waals surface area contributed by atoms with Gasteiger partial charge in [-0.2, -0.15) is 0 Å². The molecule has 0 aromatic heterocycles. The number of hydrogen-bond donors (Lipinski definition) is 0. The molecule has 0 saturated carbocycles. The topological polar surface area (TPSA) is 32.8 Å². The summed E-state index contributed by atoms with van der Waals surface area (Å²) in [5.41, 5.74) is 0. The number of carbonyl (C=O) groups excluding carboxylic acids is 1. The Morgan fingerprint density at radius 2 is 1.29 bits per heavy atom. The molecule has 0 aromatic rings. The van der Waals surface area contributed by atoms with Crippen molar-refractivity contribution in [3.63, 3.8) is 0 Å². The van der Waals surface area contributed by atoms with Gasteiger partial charge in [-0.1, -0.05) is 58.8 Å². The van der Waals surface area contributed by atoms with E-state index in [2.05, 4.69) is 23.6 Å². The fraction of sp³-hybridized carbons (Fsp3) is 0.967. The first-order valence-corrected chi connectivity index (χ1v) is 15.3. The van der Waals surface area contributed by atoms with Crippen molar-refractivity contribution in [2.75, 3.05) is 26.2 Å². The molecule has 194 valence electrons. The minimum Gasteiger partial charge on any atom is -0.359 e. The number of rotatable bonds is 0. The van der Waals surface area contributed by atoms with Crippen molar-refractivity contribution in [3.8, 4) is 0 Å². The number of nitrogens with zero attached hydrogens (tertiary/aromatic N) is 2. The van der Waals surface area contributed by atoms with Crippen molar-refractivity contribution < 1.29 is 9.53 Å². The molecule has 0 N–H and O–H groups in total. The van der Waals surface area contributed by atoms with Gasteiger partial charge in [-0.3, -0.25) is 14.6 Å². The van der Waals surface area contributed by atoms with Crippen molar-refractivity contribution in [3.05, 3.63) is 0 Å². The monoisotopic (exact) mass is 472 g/mol. The van der Waals surface area contributed by atoms with Gasteiger partial charge in [0.05, 0.1) is 6.10 Å². The van der Waals surface area contributed by atoms with Crippen molar-refractivity contribution >= 4 is 5.78 Å². The van der Waals surface area contributed by atoms with Crippen LogP contribution in [0.3, 0.4) is 0 Å². The lowest BCUT2D eigenvalue weighted by Crippen LogP contribution is -2.58. The number of hydrogen-bond acceptors (Lipinski definition) is 4. The highest BCUT2D eigenvalue weighted by atomic mass is 16.5. The summed E-state index contributed by atoms with van der Waals surface area (Å²) in [5, 5.41) is 0. The lowest BCUT2D eigenvalue weighted by Gasteiger charge is -2.50. The van der Waals surface area contributed by atoms with Crippen LogP contribution in [-0.2, 0) is 9.53 Å². The molecule has 5 fully saturated rings.